The summed E-state index contributed by atoms with van der Waals surface area (Å²) in [6.45, 7) is -10.6. The number of aryl methyl sites for hydroxylation is 2. The zero-order valence-electron chi connectivity index (χ0n) is 31.1. The highest BCUT2D eigenvalue weighted by molar-refractivity contribution is 6.11. The van der Waals surface area contributed by atoms with Gasteiger partial charge in [-0.25, -0.2) is 4.57 Å². The van der Waals surface area contributed by atoms with Crippen LogP contribution >= 0.6 is 0 Å². The van der Waals surface area contributed by atoms with E-state index in [2.05, 4.69) is 4.98 Å². The molecule has 33 heavy (non-hydrogen) atoms. The Morgan fingerprint density at radius 3 is 2.76 bits per heavy atom. The van der Waals surface area contributed by atoms with Crippen molar-refractivity contribution in [3.63, 3.8) is 0 Å². The van der Waals surface area contributed by atoms with E-state index in [-0.39, 0.29) is 22.4 Å². The number of benzene rings is 2. The first kappa shape index (κ1) is 10.6. The molecule has 3 aromatic heterocycles. The molecule has 0 amide bonds. The molecule has 3 nitrogen and oxygen atoms in total. The van der Waals surface area contributed by atoms with Crippen molar-refractivity contribution in [3.8, 4) is 22.4 Å². The largest absolute Gasteiger partial charge is 0.455 e. The molecular weight excluding hydrogens is 404 g/mol. The first-order valence-corrected chi connectivity index (χ1v) is 10.5. The van der Waals surface area contributed by atoms with Gasteiger partial charge in [0.05, 0.1) is 11.3 Å². The first-order valence-electron chi connectivity index (χ1n) is 17.0. The smallest absolute Gasteiger partial charge is 0.216 e. The van der Waals surface area contributed by atoms with Crippen molar-refractivity contribution in [1.29, 1.82) is 0 Å². The van der Waals surface area contributed by atoms with E-state index in [0.29, 0.717) is 44.3 Å². The van der Waals surface area contributed by atoms with E-state index in [0.717, 1.165) is 0 Å². The van der Waals surface area contributed by atoms with Gasteiger partial charge in [0, 0.05) is 57.9 Å². The second kappa shape index (κ2) is 6.77. The molecule has 0 bridgehead atoms. The quantitative estimate of drug-likeness (QED) is 0.268. The number of aromatic nitrogens is 2. The van der Waals surface area contributed by atoms with Gasteiger partial charge in [0.15, 0.2) is 6.20 Å². The Hall–Kier alpha value is -3.46. The van der Waals surface area contributed by atoms with Crippen LogP contribution in [0.1, 0.15) is 73.5 Å². The average molecular weight is 447 g/mol. The summed E-state index contributed by atoms with van der Waals surface area (Å²) < 4.78 is 115. The maximum Gasteiger partial charge on any atom is 0.216 e. The van der Waals surface area contributed by atoms with Gasteiger partial charge in [-0.15, -0.1) is 0 Å². The maximum absolute atomic E-state index is 8.72. The van der Waals surface area contributed by atoms with Gasteiger partial charge >= 0.3 is 0 Å². The average Bonchev–Trinajstić information content (AvgIpc) is 3.43. The fourth-order valence-electron chi connectivity index (χ4n) is 4.86. The third-order valence-corrected chi connectivity index (χ3v) is 6.54. The van der Waals surface area contributed by atoms with Crippen molar-refractivity contribution in [2.45, 2.75) is 45.6 Å². The minimum absolute atomic E-state index is 0.0490. The van der Waals surface area contributed by atoms with E-state index in [1.54, 1.807) is 36.7 Å². The SMILES string of the molecule is [2H]C([2H])([2H])C([2H])(c1cc[n+](C)c(-c2c(C)ccc3c2oc2cc4c(cc23)-c2cccnc2C4(C([2H])([2H])[2H])C([2H])([2H])[2H])c1)C([2H])([2H])[2H]. The summed E-state index contributed by atoms with van der Waals surface area (Å²) in [5.74, 6) is -2.92. The number of furan rings is 1. The Bertz CT molecular complexity index is 2020. The molecule has 0 unspecified atom stereocenters. The maximum atomic E-state index is 8.72. The lowest BCUT2D eigenvalue weighted by Gasteiger charge is -2.19. The molecule has 0 spiro atoms. The van der Waals surface area contributed by atoms with Crippen LogP contribution in [0.15, 0.2) is 65.3 Å². The lowest BCUT2D eigenvalue weighted by molar-refractivity contribution is -0.660. The predicted molar refractivity (Wildman–Crippen MR) is 135 cm³/mol. The van der Waals surface area contributed by atoms with Gasteiger partial charge < -0.3 is 4.42 Å². The lowest BCUT2D eigenvalue weighted by atomic mass is 9.85. The summed E-state index contributed by atoms with van der Waals surface area (Å²) in [5, 5.41) is 1.19. The standard InChI is InChI=1S/C30H29N2O/c1-17(2)19-11-13-32(6)25(14-19)27-18(3)9-10-20-23-15-22-21-8-7-12-31-29(21)30(4,5)24(22)16-26(23)33-28(20)27/h7-17H,1-6H3/q+1/i1D3,2D3,4D3,5D3,17D. The molecule has 164 valence electrons. The molecule has 2 aromatic carbocycles. The number of pyridine rings is 2. The van der Waals surface area contributed by atoms with Crippen LogP contribution in [0.5, 0.6) is 0 Å². The topological polar surface area (TPSA) is 29.9 Å². The van der Waals surface area contributed by atoms with Crippen molar-refractivity contribution in [3.05, 3.63) is 83.3 Å². The minimum Gasteiger partial charge on any atom is -0.455 e. The molecule has 0 aliphatic heterocycles. The van der Waals surface area contributed by atoms with Crippen LogP contribution in [-0.2, 0) is 12.5 Å². The predicted octanol–water partition coefficient (Wildman–Crippen LogP) is 7.21. The Balaban J connectivity index is 1.68. The van der Waals surface area contributed by atoms with Gasteiger partial charge in [-0.1, -0.05) is 45.6 Å². The molecule has 0 atom stereocenters. The second-order valence-electron chi connectivity index (χ2n) is 8.57. The van der Waals surface area contributed by atoms with Crippen LogP contribution < -0.4 is 4.57 Å². The molecule has 3 heteroatoms. The molecule has 0 fully saturated rings. The van der Waals surface area contributed by atoms with E-state index < -0.39 is 38.7 Å². The molecule has 1 aliphatic rings. The minimum atomic E-state index is -3.18. The Labute approximate surface area is 213 Å². The third-order valence-electron chi connectivity index (χ3n) is 6.54. The van der Waals surface area contributed by atoms with Crippen LogP contribution in [0.25, 0.3) is 44.3 Å². The molecule has 0 radical (unpaired) electrons. The highest BCUT2D eigenvalue weighted by Crippen LogP contribution is 2.50. The molecule has 1 aliphatic carbocycles. The van der Waals surface area contributed by atoms with E-state index in [1.807, 2.05) is 12.1 Å². The summed E-state index contributed by atoms with van der Waals surface area (Å²) in [6.07, 6.45) is 2.87. The summed E-state index contributed by atoms with van der Waals surface area (Å²) in [7, 11) is 1.69. The fraction of sp³-hybridized carbons (Fsp3) is 0.267. The molecule has 6 rings (SSSR count). The van der Waals surface area contributed by atoms with Crippen molar-refractivity contribution in [2.75, 3.05) is 0 Å². The lowest BCUT2D eigenvalue weighted by Crippen LogP contribution is -2.31. The molecule has 0 saturated heterocycles. The number of fused-ring (bicyclic) bond motifs is 6. The summed E-state index contributed by atoms with van der Waals surface area (Å²) >= 11 is 0. The Kier molecular flexibility index (Phi) is 2.18. The van der Waals surface area contributed by atoms with Crippen LogP contribution in [0.3, 0.4) is 0 Å². The molecular formula is C30H29N2O+. The highest BCUT2D eigenvalue weighted by Gasteiger charge is 2.37. The van der Waals surface area contributed by atoms with E-state index in [1.165, 1.54) is 30.6 Å². The van der Waals surface area contributed by atoms with Gasteiger partial charge in [-0.3, -0.25) is 4.98 Å². The Morgan fingerprint density at radius 2 is 1.94 bits per heavy atom. The number of nitrogens with zero attached hydrogens (tertiary/aromatic N) is 2. The van der Waals surface area contributed by atoms with Crippen LogP contribution in [0, 0.1) is 6.92 Å². The normalized spacial score (nSPS) is 21.9. The van der Waals surface area contributed by atoms with Crippen molar-refractivity contribution >= 4 is 21.9 Å². The van der Waals surface area contributed by atoms with Gasteiger partial charge in [-0.05, 0) is 53.3 Å². The van der Waals surface area contributed by atoms with Gasteiger partial charge in [-0.2, -0.15) is 0 Å². The fourth-order valence-corrected chi connectivity index (χ4v) is 4.86. The Morgan fingerprint density at radius 1 is 1.06 bits per heavy atom. The second-order valence-corrected chi connectivity index (χ2v) is 8.57. The number of hydrogen-bond acceptors (Lipinski definition) is 2. The van der Waals surface area contributed by atoms with Crippen LogP contribution in [0.2, 0.25) is 0 Å². The monoisotopic (exact) mass is 446 g/mol. The van der Waals surface area contributed by atoms with E-state index in [9.17, 15) is 0 Å². The summed E-state index contributed by atoms with van der Waals surface area (Å²) in [6, 6.07) is 12.8. The van der Waals surface area contributed by atoms with Crippen molar-refractivity contribution in [1.82, 2.24) is 4.98 Å². The zero-order chi connectivity index (χ0) is 34.0. The van der Waals surface area contributed by atoms with Gasteiger partial charge in [0.2, 0.25) is 5.69 Å². The van der Waals surface area contributed by atoms with Gasteiger partial charge in [0.1, 0.15) is 18.2 Å². The molecule has 0 N–H and O–H groups in total. The van der Waals surface area contributed by atoms with E-state index >= 15 is 0 Å². The van der Waals surface area contributed by atoms with Crippen LogP contribution in [-0.4, -0.2) is 4.98 Å². The third kappa shape index (κ3) is 2.75. The number of hydrogen-bond donors (Lipinski definition) is 0. The number of rotatable bonds is 2. The van der Waals surface area contributed by atoms with Crippen LogP contribution in [0.4, 0.5) is 0 Å². The molecule has 5 aromatic rings. The summed E-state index contributed by atoms with van der Waals surface area (Å²) in [4.78, 5) is 4.29. The van der Waals surface area contributed by atoms with Gasteiger partial charge in [0.25, 0.3) is 0 Å². The highest BCUT2D eigenvalue weighted by atomic mass is 16.3. The van der Waals surface area contributed by atoms with Crippen molar-refractivity contribution < 1.29 is 26.8 Å². The first-order chi connectivity index (χ1) is 21.1. The molecule has 3 heterocycles. The van der Waals surface area contributed by atoms with E-state index in [4.69, 9.17) is 22.2 Å². The van der Waals surface area contributed by atoms with Crippen molar-refractivity contribution in [2.24, 2.45) is 7.05 Å². The molecule has 0 saturated carbocycles. The summed E-state index contributed by atoms with van der Waals surface area (Å²) in [5.41, 5.74) is 0.300. The zero-order valence-corrected chi connectivity index (χ0v) is 18.1.